The Bertz CT molecular complexity index is 647. The van der Waals surface area contributed by atoms with Gasteiger partial charge in [0.2, 0.25) is 5.01 Å². The summed E-state index contributed by atoms with van der Waals surface area (Å²) < 4.78 is 5.50. The Morgan fingerprint density at radius 3 is 3.00 bits per heavy atom. The van der Waals surface area contributed by atoms with Crippen molar-refractivity contribution in [3.8, 4) is 0 Å². The van der Waals surface area contributed by atoms with Gasteiger partial charge in [0.05, 0.1) is 13.2 Å². The van der Waals surface area contributed by atoms with E-state index < -0.39 is 0 Å². The minimum Gasteiger partial charge on any atom is -0.380 e. The molecule has 1 aromatic heterocycles. The minimum atomic E-state index is -0.216. The average molecular weight is 332 g/mol. The molecular weight excluding hydrogens is 312 g/mol. The molecule has 0 aliphatic carbocycles. The van der Waals surface area contributed by atoms with Gasteiger partial charge >= 0.3 is 0 Å². The van der Waals surface area contributed by atoms with Gasteiger partial charge in [-0.2, -0.15) is 0 Å². The Morgan fingerprint density at radius 1 is 1.35 bits per heavy atom. The molecule has 0 bridgehead atoms. The van der Waals surface area contributed by atoms with Crippen LogP contribution in [-0.4, -0.2) is 46.8 Å². The zero-order valence-corrected chi connectivity index (χ0v) is 13.9. The van der Waals surface area contributed by atoms with Crippen molar-refractivity contribution in [2.24, 2.45) is 0 Å². The normalized spacial score (nSPS) is 19.3. The molecule has 1 aliphatic rings. The van der Waals surface area contributed by atoms with Gasteiger partial charge in [0, 0.05) is 24.9 Å². The van der Waals surface area contributed by atoms with Crippen LogP contribution >= 0.6 is 11.3 Å². The Hall–Kier alpha value is -1.83. The highest BCUT2D eigenvalue weighted by Gasteiger charge is 2.20. The van der Waals surface area contributed by atoms with Crippen molar-refractivity contribution >= 4 is 22.9 Å². The van der Waals surface area contributed by atoms with E-state index >= 15 is 0 Å². The topological polar surface area (TPSA) is 67.3 Å². The van der Waals surface area contributed by atoms with Gasteiger partial charge in [0.25, 0.3) is 5.91 Å². The number of para-hydroxylation sites is 1. The SMILES string of the molecule is CC1CCOCCN1Cc1nnc(C(=O)Nc2ccccc2)s1. The lowest BCUT2D eigenvalue weighted by molar-refractivity contribution is 0.102. The van der Waals surface area contributed by atoms with Gasteiger partial charge in [-0.3, -0.25) is 9.69 Å². The molecule has 1 aliphatic heterocycles. The number of nitrogens with zero attached hydrogens (tertiary/aromatic N) is 3. The number of benzene rings is 1. The zero-order chi connectivity index (χ0) is 16.1. The summed E-state index contributed by atoms with van der Waals surface area (Å²) in [6, 6.07) is 9.80. The van der Waals surface area contributed by atoms with Gasteiger partial charge in [-0.15, -0.1) is 10.2 Å². The van der Waals surface area contributed by atoms with Crippen molar-refractivity contribution in [3.05, 3.63) is 40.3 Å². The predicted molar refractivity (Wildman–Crippen MR) is 89.6 cm³/mol. The summed E-state index contributed by atoms with van der Waals surface area (Å²) in [6.07, 6.45) is 1.01. The first kappa shape index (κ1) is 16.0. The summed E-state index contributed by atoms with van der Waals surface area (Å²) in [6.45, 7) is 5.33. The van der Waals surface area contributed by atoms with E-state index in [0.29, 0.717) is 17.6 Å². The van der Waals surface area contributed by atoms with Crippen LogP contribution in [0, 0.1) is 0 Å². The second kappa shape index (κ2) is 7.63. The van der Waals surface area contributed by atoms with Crippen LogP contribution in [-0.2, 0) is 11.3 Å². The molecule has 122 valence electrons. The van der Waals surface area contributed by atoms with Crippen LogP contribution in [0.1, 0.15) is 28.2 Å². The average Bonchev–Trinajstić information content (AvgIpc) is 2.93. The maximum absolute atomic E-state index is 12.2. The number of ether oxygens (including phenoxy) is 1. The van der Waals surface area contributed by atoms with E-state index in [-0.39, 0.29) is 5.91 Å². The second-order valence-corrected chi connectivity index (χ2v) is 6.60. The van der Waals surface area contributed by atoms with Crippen LogP contribution in [0.5, 0.6) is 0 Å². The third kappa shape index (κ3) is 4.34. The number of aromatic nitrogens is 2. The quantitative estimate of drug-likeness (QED) is 0.931. The predicted octanol–water partition coefficient (Wildman–Crippen LogP) is 2.40. The third-order valence-corrected chi connectivity index (χ3v) is 4.76. The van der Waals surface area contributed by atoms with Gasteiger partial charge in [-0.1, -0.05) is 29.5 Å². The third-order valence-electron chi connectivity index (χ3n) is 3.86. The molecule has 1 saturated heterocycles. The first-order chi connectivity index (χ1) is 11.2. The number of carbonyl (C=O) groups excluding carboxylic acids is 1. The molecule has 1 N–H and O–H groups in total. The second-order valence-electron chi connectivity index (χ2n) is 5.54. The van der Waals surface area contributed by atoms with Crippen LogP contribution in [0.3, 0.4) is 0 Å². The Labute approximate surface area is 139 Å². The van der Waals surface area contributed by atoms with Crippen molar-refractivity contribution in [2.45, 2.75) is 25.9 Å². The lowest BCUT2D eigenvalue weighted by atomic mass is 10.2. The van der Waals surface area contributed by atoms with Gasteiger partial charge in [0.15, 0.2) is 0 Å². The first-order valence-corrected chi connectivity index (χ1v) is 8.54. The molecule has 0 spiro atoms. The number of nitrogens with one attached hydrogen (secondary N) is 1. The van der Waals surface area contributed by atoms with Crippen LogP contribution in [0.4, 0.5) is 5.69 Å². The maximum atomic E-state index is 12.2. The van der Waals surface area contributed by atoms with Gasteiger partial charge < -0.3 is 10.1 Å². The maximum Gasteiger partial charge on any atom is 0.286 e. The van der Waals surface area contributed by atoms with Gasteiger partial charge in [0.1, 0.15) is 5.01 Å². The number of rotatable bonds is 4. The van der Waals surface area contributed by atoms with E-state index in [1.807, 2.05) is 30.3 Å². The van der Waals surface area contributed by atoms with E-state index in [9.17, 15) is 4.79 Å². The molecule has 7 heteroatoms. The highest BCUT2D eigenvalue weighted by molar-refractivity contribution is 7.13. The van der Waals surface area contributed by atoms with Gasteiger partial charge in [-0.25, -0.2) is 0 Å². The van der Waals surface area contributed by atoms with Crippen LogP contribution < -0.4 is 5.32 Å². The fourth-order valence-corrected chi connectivity index (χ4v) is 3.23. The van der Waals surface area contributed by atoms with E-state index in [4.69, 9.17) is 4.74 Å². The Kier molecular flexibility index (Phi) is 5.32. The van der Waals surface area contributed by atoms with Crippen LogP contribution in [0.25, 0.3) is 0 Å². The number of anilines is 1. The fourth-order valence-electron chi connectivity index (χ4n) is 2.46. The summed E-state index contributed by atoms with van der Waals surface area (Å²) in [7, 11) is 0. The lowest BCUT2D eigenvalue weighted by Crippen LogP contribution is -2.33. The molecule has 2 aromatic rings. The molecule has 2 heterocycles. The van der Waals surface area contributed by atoms with Crippen molar-refractivity contribution in [1.29, 1.82) is 0 Å². The molecule has 6 nitrogen and oxygen atoms in total. The molecule has 3 rings (SSSR count). The summed E-state index contributed by atoms with van der Waals surface area (Å²) in [5, 5.41) is 12.3. The zero-order valence-electron chi connectivity index (χ0n) is 13.1. The van der Waals surface area contributed by atoms with Crippen molar-refractivity contribution in [1.82, 2.24) is 15.1 Å². The van der Waals surface area contributed by atoms with E-state index in [1.165, 1.54) is 11.3 Å². The standard InChI is InChI=1S/C16H20N4O2S/c1-12-7-9-22-10-8-20(12)11-14-18-19-16(23-14)15(21)17-13-5-3-2-4-6-13/h2-6,12H,7-11H2,1H3,(H,17,21). The monoisotopic (exact) mass is 332 g/mol. The lowest BCUT2D eigenvalue weighted by Gasteiger charge is -2.24. The molecular formula is C16H20N4O2S. The number of hydrogen-bond donors (Lipinski definition) is 1. The molecule has 1 fully saturated rings. The summed E-state index contributed by atoms with van der Waals surface area (Å²) in [5.74, 6) is -0.216. The van der Waals surface area contributed by atoms with Crippen molar-refractivity contribution in [2.75, 3.05) is 25.1 Å². The Morgan fingerprint density at radius 2 is 2.17 bits per heavy atom. The van der Waals surface area contributed by atoms with Gasteiger partial charge in [-0.05, 0) is 25.5 Å². The van der Waals surface area contributed by atoms with E-state index in [2.05, 4.69) is 27.3 Å². The number of carbonyl (C=O) groups is 1. The molecule has 1 atom stereocenters. The van der Waals surface area contributed by atoms with Crippen molar-refractivity contribution < 1.29 is 9.53 Å². The Balaban J connectivity index is 1.62. The highest BCUT2D eigenvalue weighted by atomic mass is 32.1. The fraction of sp³-hybridized carbons (Fsp3) is 0.438. The summed E-state index contributed by atoms with van der Waals surface area (Å²) in [4.78, 5) is 14.5. The van der Waals surface area contributed by atoms with Crippen molar-refractivity contribution in [3.63, 3.8) is 0 Å². The number of hydrogen-bond acceptors (Lipinski definition) is 6. The molecule has 1 amide bonds. The largest absolute Gasteiger partial charge is 0.380 e. The molecule has 23 heavy (non-hydrogen) atoms. The van der Waals surface area contributed by atoms with E-state index in [0.717, 1.165) is 36.9 Å². The first-order valence-electron chi connectivity index (χ1n) is 7.73. The van der Waals surface area contributed by atoms with Crippen LogP contribution in [0.15, 0.2) is 30.3 Å². The number of amides is 1. The van der Waals surface area contributed by atoms with E-state index in [1.54, 1.807) is 0 Å². The van der Waals surface area contributed by atoms with Crippen LogP contribution in [0.2, 0.25) is 0 Å². The smallest absolute Gasteiger partial charge is 0.286 e. The molecule has 0 radical (unpaired) electrons. The molecule has 1 unspecified atom stereocenters. The molecule has 0 saturated carbocycles. The highest BCUT2D eigenvalue weighted by Crippen LogP contribution is 2.17. The molecule has 1 aromatic carbocycles. The minimum absolute atomic E-state index is 0.216. The summed E-state index contributed by atoms with van der Waals surface area (Å²) >= 11 is 1.35. The summed E-state index contributed by atoms with van der Waals surface area (Å²) in [5.41, 5.74) is 0.757.